The van der Waals surface area contributed by atoms with E-state index in [2.05, 4.69) is 13.0 Å². The van der Waals surface area contributed by atoms with E-state index in [9.17, 15) is 5.11 Å². The normalized spacial score (nSPS) is 10.9. The summed E-state index contributed by atoms with van der Waals surface area (Å²) in [6.45, 7) is 2.06. The molecule has 68 valence electrons. The molecule has 0 amide bonds. The van der Waals surface area contributed by atoms with Crippen LogP contribution in [0.1, 0.15) is 5.56 Å². The molecule has 13 heavy (non-hydrogen) atoms. The van der Waals surface area contributed by atoms with Crippen molar-refractivity contribution in [2.24, 2.45) is 0 Å². The minimum absolute atomic E-state index is 0.438. The Morgan fingerprint density at radius 2 is 2.15 bits per heavy atom. The molecule has 2 rings (SSSR count). The van der Waals surface area contributed by atoms with Gasteiger partial charge in [-0.3, -0.25) is 0 Å². The summed E-state index contributed by atoms with van der Waals surface area (Å²) < 4.78 is 2.17. The van der Waals surface area contributed by atoms with Crippen LogP contribution in [0, 0.1) is 6.92 Å². The molecule has 1 aromatic heterocycles. The molecule has 1 aromatic carbocycles. The van der Waals surface area contributed by atoms with Gasteiger partial charge in [-0.05, 0) is 30.9 Å². The molecule has 1 heterocycles. The van der Waals surface area contributed by atoms with E-state index < -0.39 is 0 Å². The monoisotopic (exact) mass is 210 g/mol. The molecular weight excluding hydrogens is 200 g/mol. The van der Waals surface area contributed by atoms with Crippen molar-refractivity contribution in [3.63, 3.8) is 0 Å². The number of hydrogen-bond acceptors (Lipinski definition) is 3. The van der Waals surface area contributed by atoms with Crippen LogP contribution in [0.2, 0.25) is 0 Å². The summed E-state index contributed by atoms with van der Waals surface area (Å²) in [6.07, 6.45) is 1.98. The smallest absolute Gasteiger partial charge is 0.147 e. The van der Waals surface area contributed by atoms with Gasteiger partial charge in [-0.2, -0.15) is 0 Å². The Bertz CT molecular complexity index is 445. The zero-order valence-electron chi connectivity index (χ0n) is 7.50. The number of hydrogen-bond donors (Lipinski definition) is 1. The highest BCUT2D eigenvalue weighted by molar-refractivity contribution is 8.00. The molecule has 0 atom stereocenters. The molecule has 0 spiro atoms. The second-order valence-electron chi connectivity index (χ2n) is 2.94. The topological polar surface area (TPSA) is 20.2 Å². The van der Waals surface area contributed by atoms with Gasteiger partial charge in [0.25, 0.3) is 0 Å². The maximum Gasteiger partial charge on any atom is 0.147 e. The van der Waals surface area contributed by atoms with Gasteiger partial charge in [-0.25, -0.2) is 0 Å². The number of thiophene rings is 1. The minimum Gasteiger partial charge on any atom is -0.505 e. The molecule has 0 fully saturated rings. The number of rotatable bonds is 1. The molecule has 0 saturated heterocycles. The summed E-state index contributed by atoms with van der Waals surface area (Å²) in [4.78, 5) is 0. The van der Waals surface area contributed by atoms with Crippen LogP contribution >= 0.6 is 23.1 Å². The largest absolute Gasteiger partial charge is 0.505 e. The molecule has 1 N–H and O–H groups in total. The lowest BCUT2D eigenvalue weighted by Gasteiger charge is -1.92. The van der Waals surface area contributed by atoms with Gasteiger partial charge in [0.15, 0.2) is 0 Å². The van der Waals surface area contributed by atoms with Crippen LogP contribution in [0.5, 0.6) is 5.75 Å². The Balaban J connectivity index is 2.76. The van der Waals surface area contributed by atoms with Gasteiger partial charge in [0.05, 0.1) is 0 Å². The van der Waals surface area contributed by atoms with Crippen LogP contribution < -0.4 is 0 Å². The Morgan fingerprint density at radius 3 is 2.85 bits per heavy atom. The van der Waals surface area contributed by atoms with Crippen LogP contribution in [-0.2, 0) is 0 Å². The quantitative estimate of drug-likeness (QED) is 0.725. The second-order valence-corrected chi connectivity index (χ2v) is 5.07. The van der Waals surface area contributed by atoms with E-state index in [-0.39, 0.29) is 0 Å². The summed E-state index contributed by atoms with van der Waals surface area (Å²) in [7, 11) is 0. The molecule has 3 heteroatoms. The molecule has 0 aliphatic rings. The zero-order valence-corrected chi connectivity index (χ0v) is 9.13. The molecule has 1 nitrogen and oxygen atoms in total. The van der Waals surface area contributed by atoms with Crippen LogP contribution in [0.25, 0.3) is 10.1 Å². The van der Waals surface area contributed by atoms with Crippen molar-refractivity contribution in [2.75, 3.05) is 6.26 Å². The zero-order chi connectivity index (χ0) is 9.42. The number of fused-ring (bicyclic) bond motifs is 1. The Morgan fingerprint density at radius 1 is 1.38 bits per heavy atom. The fraction of sp³-hybridized carbons (Fsp3) is 0.200. The molecule has 0 unspecified atom stereocenters. The number of thioether (sulfide) groups is 1. The van der Waals surface area contributed by atoms with Crippen molar-refractivity contribution >= 4 is 33.2 Å². The van der Waals surface area contributed by atoms with Crippen LogP contribution in [0.3, 0.4) is 0 Å². The third-order valence-electron chi connectivity index (χ3n) is 1.97. The summed E-state index contributed by atoms with van der Waals surface area (Å²) in [5, 5.41) is 10.7. The van der Waals surface area contributed by atoms with Gasteiger partial charge in [-0.1, -0.05) is 6.07 Å². The number of aryl methyl sites for hydroxylation is 1. The molecule has 0 bridgehead atoms. The predicted octanol–water partition coefficient (Wildman–Crippen LogP) is 3.64. The fourth-order valence-corrected chi connectivity index (χ4v) is 3.14. The highest BCUT2D eigenvalue weighted by Gasteiger charge is 2.09. The summed E-state index contributed by atoms with van der Waals surface area (Å²) in [6, 6.07) is 6.12. The van der Waals surface area contributed by atoms with Gasteiger partial charge in [0.2, 0.25) is 0 Å². The fourth-order valence-electron chi connectivity index (χ4n) is 1.31. The third-order valence-corrected chi connectivity index (χ3v) is 4.22. The Hall–Kier alpha value is -0.670. The van der Waals surface area contributed by atoms with Gasteiger partial charge < -0.3 is 5.11 Å². The molecule has 0 saturated carbocycles. The van der Waals surface area contributed by atoms with Crippen LogP contribution in [-0.4, -0.2) is 11.4 Å². The number of benzene rings is 1. The molecule has 0 radical (unpaired) electrons. The lowest BCUT2D eigenvalue weighted by Crippen LogP contribution is -1.68. The highest BCUT2D eigenvalue weighted by atomic mass is 32.2. The third kappa shape index (κ3) is 1.42. The van der Waals surface area contributed by atoms with Crippen LogP contribution in [0.15, 0.2) is 22.4 Å². The second kappa shape index (κ2) is 3.24. The molecule has 2 aromatic rings. The summed E-state index contributed by atoms with van der Waals surface area (Å²) >= 11 is 3.25. The lowest BCUT2D eigenvalue weighted by atomic mass is 10.2. The maximum atomic E-state index is 9.77. The van der Waals surface area contributed by atoms with Gasteiger partial charge in [0, 0.05) is 10.1 Å². The van der Waals surface area contributed by atoms with E-state index in [0.717, 1.165) is 9.60 Å². The summed E-state index contributed by atoms with van der Waals surface area (Å²) in [5.41, 5.74) is 1.24. The average molecular weight is 210 g/mol. The highest BCUT2D eigenvalue weighted by Crippen LogP contribution is 2.42. The van der Waals surface area contributed by atoms with Crippen molar-refractivity contribution in [3.05, 3.63) is 23.8 Å². The standard InChI is InChI=1S/C10H10OS2/c1-6-3-4-7-8(5-6)13-10(12-2)9(7)11/h3-5,11H,1-2H3. The van der Waals surface area contributed by atoms with E-state index in [1.807, 2.05) is 18.4 Å². The van der Waals surface area contributed by atoms with E-state index in [4.69, 9.17) is 0 Å². The SMILES string of the molecule is CSc1sc2cc(C)ccc2c1O. The van der Waals surface area contributed by atoms with Gasteiger partial charge in [-0.15, -0.1) is 23.1 Å². The Labute approximate surface area is 85.4 Å². The first-order valence-electron chi connectivity index (χ1n) is 3.98. The van der Waals surface area contributed by atoms with E-state index in [0.29, 0.717) is 5.75 Å². The first-order chi connectivity index (χ1) is 6.22. The van der Waals surface area contributed by atoms with Crippen molar-refractivity contribution in [2.45, 2.75) is 11.1 Å². The van der Waals surface area contributed by atoms with Crippen LogP contribution in [0.4, 0.5) is 0 Å². The van der Waals surface area contributed by atoms with Crippen molar-refractivity contribution in [1.82, 2.24) is 0 Å². The predicted molar refractivity (Wildman–Crippen MR) is 60.0 cm³/mol. The van der Waals surface area contributed by atoms with Crippen molar-refractivity contribution in [3.8, 4) is 5.75 Å². The van der Waals surface area contributed by atoms with Crippen molar-refractivity contribution < 1.29 is 5.11 Å². The number of aromatic hydroxyl groups is 1. The first-order valence-corrected chi connectivity index (χ1v) is 6.02. The maximum absolute atomic E-state index is 9.77. The summed E-state index contributed by atoms with van der Waals surface area (Å²) in [5.74, 6) is 0.438. The first kappa shape index (κ1) is 8.91. The lowest BCUT2D eigenvalue weighted by molar-refractivity contribution is 0.473. The van der Waals surface area contributed by atoms with Gasteiger partial charge >= 0.3 is 0 Å². The Kier molecular flexibility index (Phi) is 2.22. The average Bonchev–Trinajstić information content (AvgIpc) is 2.42. The van der Waals surface area contributed by atoms with Gasteiger partial charge in [0.1, 0.15) is 9.96 Å². The van der Waals surface area contributed by atoms with E-state index in [1.165, 1.54) is 10.3 Å². The van der Waals surface area contributed by atoms with Crippen molar-refractivity contribution in [1.29, 1.82) is 0 Å². The minimum atomic E-state index is 0.438. The molecular formula is C10H10OS2. The van der Waals surface area contributed by atoms with E-state index >= 15 is 0 Å². The molecule has 0 aliphatic heterocycles. The molecule has 0 aliphatic carbocycles. The van der Waals surface area contributed by atoms with E-state index in [1.54, 1.807) is 23.1 Å².